The molecule has 0 N–H and O–H groups in total. The van der Waals surface area contributed by atoms with Crippen molar-refractivity contribution in [3.8, 4) is 11.3 Å². The summed E-state index contributed by atoms with van der Waals surface area (Å²) in [4.78, 5) is 4.44. The molecule has 0 saturated carbocycles. The van der Waals surface area contributed by atoms with Gasteiger partial charge < -0.3 is 0 Å². The van der Waals surface area contributed by atoms with Gasteiger partial charge in [-0.1, -0.05) is 24.3 Å². The van der Waals surface area contributed by atoms with Crippen LogP contribution in [0.1, 0.15) is 16.7 Å². The molecule has 3 rings (SSSR count). The van der Waals surface area contributed by atoms with E-state index in [1.807, 2.05) is 12.3 Å². The third-order valence-corrected chi connectivity index (χ3v) is 2.92. The Bertz CT molecular complexity index is 500. The third-order valence-electron chi connectivity index (χ3n) is 2.92. The molecule has 0 spiro atoms. The van der Waals surface area contributed by atoms with Gasteiger partial charge in [-0.05, 0) is 29.7 Å². The Morgan fingerprint density at radius 3 is 3.00 bits per heavy atom. The minimum absolute atomic E-state index is 1.05. The number of hydrogen-bond donors (Lipinski definition) is 0. The topological polar surface area (TPSA) is 12.9 Å². The maximum absolute atomic E-state index is 4.44. The van der Waals surface area contributed by atoms with Gasteiger partial charge in [-0.25, -0.2) is 0 Å². The van der Waals surface area contributed by atoms with Crippen LogP contribution in [0.4, 0.5) is 0 Å². The second-order valence-electron chi connectivity index (χ2n) is 3.79. The molecule has 0 aliphatic heterocycles. The number of nitrogens with zero attached hydrogens (tertiary/aromatic N) is 1. The molecule has 0 atom stereocenters. The Kier molecular flexibility index (Phi) is 1.48. The molecule has 2 aromatic rings. The molecular formula is C13H11N. The Labute approximate surface area is 83.4 Å². The van der Waals surface area contributed by atoms with Gasteiger partial charge in [0.2, 0.25) is 0 Å². The first kappa shape index (κ1) is 7.74. The molecule has 0 radical (unpaired) electrons. The molecule has 1 aliphatic carbocycles. The molecule has 14 heavy (non-hydrogen) atoms. The zero-order valence-corrected chi connectivity index (χ0v) is 8.12. The summed E-state index contributed by atoms with van der Waals surface area (Å²) in [7, 11) is 0. The maximum atomic E-state index is 4.44. The monoisotopic (exact) mass is 181 g/mol. The van der Waals surface area contributed by atoms with Crippen molar-refractivity contribution in [1.82, 2.24) is 4.98 Å². The molecule has 0 bridgehead atoms. The SMILES string of the molecule is Cc1cccc2c1Cc1cccnc1-2. The molecule has 1 aromatic heterocycles. The highest BCUT2D eigenvalue weighted by Crippen LogP contribution is 2.35. The largest absolute Gasteiger partial charge is 0.256 e. The summed E-state index contributed by atoms with van der Waals surface area (Å²) in [5, 5.41) is 0. The Morgan fingerprint density at radius 2 is 2.07 bits per heavy atom. The minimum Gasteiger partial charge on any atom is -0.256 e. The molecule has 1 aliphatic rings. The highest BCUT2D eigenvalue weighted by molar-refractivity contribution is 5.74. The maximum Gasteiger partial charge on any atom is 0.0740 e. The van der Waals surface area contributed by atoms with E-state index < -0.39 is 0 Å². The normalized spacial score (nSPS) is 12.4. The number of aromatic nitrogens is 1. The summed E-state index contributed by atoms with van der Waals surface area (Å²) in [6, 6.07) is 10.6. The van der Waals surface area contributed by atoms with Gasteiger partial charge in [0.1, 0.15) is 0 Å². The summed E-state index contributed by atoms with van der Waals surface area (Å²) in [5.41, 5.74) is 6.67. The Hall–Kier alpha value is -1.63. The lowest BCUT2D eigenvalue weighted by Gasteiger charge is -2.01. The van der Waals surface area contributed by atoms with Gasteiger partial charge in [-0.15, -0.1) is 0 Å². The van der Waals surface area contributed by atoms with E-state index in [0.29, 0.717) is 0 Å². The fraction of sp³-hybridized carbons (Fsp3) is 0.154. The summed E-state index contributed by atoms with van der Waals surface area (Å²) in [6.07, 6.45) is 2.92. The Morgan fingerprint density at radius 1 is 1.14 bits per heavy atom. The van der Waals surface area contributed by atoms with Gasteiger partial charge in [-0.3, -0.25) is 4.98 Å². The first-order valence-corrected chi connectivity index (χ1v) is 4.89. The van der Waals surface area contributed by atoms with Crippen molar-refractivity contribution in [2.75, 3.05) is 0 Å². The highest BCUT2D eigenvalue weighted by atomic mass is 14.7. The summed E-state index contributed by atoms with van der Waals surface area (Å²) < 4.78 is 0. The number of aryl methyl sites for hydroxylation is 1. The standard InChI is InChI=1S/C13H11N/c1-9-4-2-6-11-12(9)8-10-5-3-7-14-13(10)11/h2-7H,8H2,1H3. The van der Waals surface area contributed by atoms with Gasteiger partial charge in [0.05, 0.1) is 5.69 Å². The minimum atomic E-state index is 1.05. The van der Waals surface area contributed by atoms with E-state index in [0.717, 1.165) is 6.42 Å². The zero-order chi connectivity index (χ0) is 9.54. The molecule has 1 aromatic carbocycles. The number of benzene rings is 1. The van der Waals surface area contributed by atoms with Gasteiger partial charge in [0.25, 0.3) is 0 Å². The summed E-state index contributed by atoms with van der Waals surface area (Å²) in [6.45, 7) is 2.17. The molecule has 1 heterocycles. The molecule has 0 saturated heterocycles. The van der Waals surface area contributed by atoms with Crippen LogP contribution in [-0.2, 0) is 6.42 Å². The summed E-state index contributed by atoms with van der Waals surface area (Å²) >= 11 is 0. The average molecular weight is 181 g/mol. The molecular weight excluding hydrogens is 170 g/mol. The van der Waals surface area contributed by atoms with Gasteiger partial charge >= 0.3 is 0 Å². The third kappa shape index (κ3) is 0.925. The summed E-state index contributed by atoms with van der Waals surface area (Å²) in [5.74, 6) is 0. The number of pyridine rings is 1. The van der Waals surface area contributed by atoms with Crippen LogP contribution in [0.15, 0.2) is 36.5 Å². The fourth-order valence-corrected chi connectivity index (χ4v) is 2.17. The second kappa shape index (κ2) is 2.68. The molecule has 0 fully saturated rings. The quantitative estimate of drug-likeness (QED) is 0.519. The van der Waals surface area contributed by atoms with Gasteiger partial charge in [0.15, 0.2) is 0 Å². The number of rotatable bonds is 0. The van der Waals surface area contributed by atoms with Crippen LogP contribution < -0.4 is 0 Å². The molecule has 1 nitrogen and oxygen atoms in total. The highest BCUT2D eigenvalue weighted by Gasteiger charge is 2.19. The second-order valence-corrected chi connectivity index (χ2v) is 3.79. The van der Waals surface area contributed by atoms with Crippen molar-refractivity contribution < 1.29 is 0 Å². The van der Waals surface area contributed by atoms with E-state index >= 15 is 0 Å². The van der Waals surface area contributed by atoms with Crippen LogP contribution in [0, 0.1) is 6.92 Å². The predicted octanol–water partition coefficient (Wildman–Crippen LogP) is 2.96. The smallest absolute Gasteiger partial charge is 0.0740 e. The van der Waals surface area contributed by atoms with Gasteiger partial charge in [0, 0.05) is 18.2 Å². The van der Waals surface area contributed by atoms with E-state index in [2.05, 4.69) is 36.2 Å². The predicted molar refractivity (Wildman–Crippen MR) is 57.2 cm³/mol. The molecule has 0 unspecified atom stereocenters. The van der Waals surface area contributed by atoms with Gasteiger partial charge in [-0.2, -0.15) is 0 Å². The van der Waals surface area contributed by atoms with Crippen LogP contribution >= 0.6 is 0 Å². The Balaban J connectivity index is 2.33. The van der Waals surface area contributed by atoms with Crippen molar-refractivity contribution in [2.24, 2.45) is 0 Å². The first-order valence-electron chi connectivity index (χ1n) is 4.89. The molecule has 68 valence electrons. The molecule has 1 heteroatoms. The van der Waals surface area contributed by atoms with E-state index in [9.17, 15) is 0 Å². The van der Waals surface area contributed by atoms with Crippen molar-refractivity contribution >= 4 is 0 Å². The van der Waals surface area contributed by atoms with Crippen LogP contribution in [0.3, 0.4) is 0 Å². The molecule has 0 amide bonds. The van der Waals surface area contributed by atoms with Crippen molar-refractivity contribution in [3.63, 3.8) is 0 Å². The zero-order valence-electron chi connectivity index (χ0n) is 8.12. The fourth-order valence-electron chi connectivity index (χ4n) is 2.17. The van der Waals surface area contributed by atoms with Crippen LogP contribution in [0.25, 0.3) is 11.3 Å². The van der Waals surface area contributed by atoms with Crippen LogP contribution in [0.2, 0.25) is 0 Å². The first-order chi connectivity index (χ1) is 6.86. The number of hydrogen-bond acceptors (Lipinski definition) is 1. The van der Waals surface area contributed by atoms with E-state index in [-0.39, 0.29) is 0 Å². The lowest BCUT2D eigenvalue weighted by Crippen LogP contribution is -1.84. The van der Waals surface area contributed by atoms with Crippen molar-refractivity contribution in [2.45, 2.75) is 13.3 Å². The van der Waals surface area contributed by atoms with E-state index in [1.54, 1.807) is 0 Å². The average Bonchev–Trinajstić information content (AvgIpc) is 2.59. The van der Waals surface area contributed by atoms with Crippen LogP contribution in [0.5, 0.6) is 0 Å². The van der Waals surface area contributed by atoms with Crippen LogP contribution in [-0.4, -0.2) is 4.98 Å². The van der Waals surface area contributed by atoms with Crippen molar-refractivity contribution in [3.05, 3.63) is 53.2 Å². The van der Waals surface area contributed by atoms with E-state index in [1.165, 1.54) is 27.9 Å². The number of fused-ring (bicyclic) bond motifs is 3. The lowest BCUT2D eigenvalue weighted by atomic mass is 10.0. The lowest BCUT2D eigenvalue weighted by molar-refractivity contribution is 1.20. The van der Waals surface area contributed by atoms with Crippen molar-refractivity contribution in [1.29, 1.82) is 0 Å². The van der Waals surface area contributed by atoms with E-state index in [4.69, 9.17) is 0 Å².